The van der Waals surface area contributed by atoms with Gasteiger partial charge in [0.2, 0.25) is 5.78 Å². The maximum absolute atomic E-state index is 10.5. The van der Waals surface area contributed by atoms with Gasteiger partial charge in [-0.1, -0.05) is 5.92 Å². The molecule has 0 saturated carbocycles. The third-order valence-corrected chi connectivity index (χ3v) is 0.933. The van der Waals surface area contributed by atoms with E-state index in [1.165, 1.54) is 6.92 Å². The Morgan fingerprint density at radius 1 is 1.90 bits per heavy atom. The lowest BCUT2D eigenvalue weighted by molar-refractivity contribution is -0.136. The van der Waals surface area contributed by atoms with E-state index < -0.39 is 11.9 Å². The fourth-order valence-corrected chi connectivity index (χ4v) is 0.351. The van der Waals surface area contributed by atoms with E-state index in [9.17, 15) is 9.59 Å². The van der Waals surface area contributed by atoms with Crippen molar-refractivity contribution < 1.29 is 14.3 Å². The number of aldehydes is 1. The number of carbonyl (C=O) groups is 2. The lowest BCUT2D eigenvalue weighted by Gasteiger charge is -2.03. The van der Waals surface area contributed by atoms with Crippen LogP contribution in [0.25, 0.3) is 0 Å². The lowest BCUT2D eigenvalue weighted by Crippen LogP contribution is -2.21. The summed E-state index contributed by atoms with van der Waals surface area (Å²) >= 11 is 0. The number of hydrogen-bond acceptors (Lipinski definition) is 3. The number of carbonyl (C=O) groups excluding carboxylic acids is 2. The van der Waals surface area contributed by atoms with E-state index in [2.05, 4.69) is 5.92 Å². The third-order valence-electron chi connectivity index (χ3n) is 0.933. The first kappa shape index (κ1) is 8.86. The van der Waals surface area contributed by atoms with Gasteiger partial charge in [-0.15, -0.1) is 6.42 Å². The zero-order chi connectivity index (χ0) is 7.98. The summed E-state index contributed by atoms with van der Waals surface area (Å²) in [6.45, 7) is 1.54. The number of rotatable bonds is 4. The zero-order valence-electron chi connectivity index (χ0n) is 5.66. The minimum Gasteiger partial charge on any atom is -0.358 e. The molecule has 0 spiro atoms. The van der Waals surface area contributed by atoms with Gasteiger partial charge in [0.05, 0.1) is 0 Å². The minimum atomic E-state index is -0.714. The van der Waals surface area contributed by atoms with E-state index in [-0.39, 0.29) is 12.9 Å². The van der Waals surface area contributed by atoms with Crippen molar-refractivity contribution in [2.45, 2.75) is 13.0 Å². The maximum Gasteiger partial charge on any atom is 0.223 e. The Morgan fingerprint density at radius 3 is 2.90 bits per heavy atom. The first-order valence-corrected chi connectivity index (χ1v) is 2.76. The van der Waals surface area contributed by atoms with Crippen molar-refractivity contribution in [1.29, 1.82) is 0 Å². The van der Waals surface area contributed by atoms with Crippen molar-refractivity contribution in [3.63, 3.8) is 0 Å². The largest absolute Gasteiger partial charge is 0.358 e. The monoisotopic (exact) mass is 140 g/mol. The molecule has 0 N–H and O–H groups in total. The van der Waals surface area contributed by atoms with Crippen molar-refractivity contribution in [1.82, 2.24) is 0 Å². The Labute approximate surface area is 59.4 Å². The molecule has 1 unspecified atom stereocenters. The molecule has 0 amide bonds. The summed E-state index contributed by atoms with van der Waals surface area (Å²) in [5.74, 6) is 1.60. The lowest BCUT2D eigenvalue weighted by atomic mass is 10.3. The van der Waals surface area contributed by atoms with Crippen LogP contribution in [0.1, 0.15) is 6.92 Å². The summed E-state index contributed by atoms with van der Waals surface area (Å²) in [6, 6.07) is 0. The smallest absolute Gasteiger partial charge is 0.223 e. The molecule has 0 rings (SSSR count). The van der Waals surface area contributed by atoms with E-state index in [0.717, 1.165) is 0 Å². The predicted octanol–water partition coefficient (Wildman–Crippen LogP) is -0.207. The molecule has 1 atom stereocenters. The van der Waals surface area contributed by atoms with E-state index >= 15 is 0 Å². The van der Waals surface area contributed by atoms with Gasteiger partial charge in [-0.05, 0) is 6.92 Å². The molecule has 0 bridgehead atoms. The van der Waals surface area contributed by atoms with Gasteiger partial charge in [0.25, 0.3) is 0 Å². The molecular weight excluding hydrogens is 132 g/mol. The maximum atomic E-state index is 10.5. The summed E-state index contributed by atoms with van der Waals surface area (Å²) in [5.41, 5.74) is 0. The second kappa shape index (κ2) is 4.71. The van der Waals surface area contributed by atoms with Crippen LogP contribution >= 0.6 is 0 Å². The first-order valence-electron chi connectivity index (χ1n) is 2.76. The molecule has 54 valence electrons. The standard InChI is InChI=1S/C7H8O3/c1-3-4-10-6(2)7(9)5-8/h1,5-6H,4H2,2H3. The highest BCUT2D eigenvalue weighted by molar-refractivity contribution is 6.26. The summed E-state index contributed by atoms with van der Waals surface area (Å²) in [7, 11) is 0. The molecule has 0 radical (unpaired) electrons. The third kappa shape index (κ3) is 3.00. The first-order chi connectivity index (χ1) is 4.72. The predicted molar refractivity (Wildman–Crippen MR) is 35.3 cm³/mol. The highest BCUT2D eigenvalue weighted by Gasteiger charge is 2.10. The Kier molecular flexibility index (Phi) is 4.17. The SMILES string of the molecule is C#CCOC(C)C(=O)C=O. The molecule has 0 aromatic rings. The average molecular weight is 140 g/mol. The van der Waals surface area contributed by atoms with Gasteiger partial charge in [0.15, 0.2) is 6.29 Å². The quantitative estimate of drug-likeness (QED) is 0.308. The molecule has 0 aliphatic carbocycles. The molecule has 0 aromatic carbocycles. The van der Waals surface area contributed by atoms with Crippen molar-refractivity contribution in [3.05, 3.63) is 0 Å². The van der Waals surface area contributed by atoms with Gasteiger partial charge in [0, 0.05) is 0 Å². The normalized spacial score (nSPS) is 11.6. The number of Topliss-reactive ketones (excluding diaryl/α,β-unsaturated/α-hetero) is 1. The summed E-state index contributed by atoms with van der Waals surface area (Å²) < 4.78 is 4.73. The molecule has 10 heavy (non-hydrogen) atoms. The van der Waals surface area contributed by atoms with Crippen LogP contribution in [0.5, 0.6) is 0 Å². The van der Waals surface area contributed by atoms with Gasteiger partial charge in [0.1, 0.15) is 12.7 Å². The van der Waals surface area contributed by atoms with Crippen molar-refractivity contribution >= 4 is 12.1 Å². The Morgan fingerprint density at radius 2 is 2.50 bits per heavy atom. The van der Waals surface area contributed by atoms with Gasteiger partial charge >= 0.3 is 0 Å². The van der Waals surface area contributed by atoms with Crippen molar-refractivity contribution in [2.75, 3.05) is 6.61 Å². The zero-order valence-corrected chi connectivity index (χ0v) is 5.66. The Bertz CT molecular complexity index is 166. The number of ketones is 1. The van der Waals surface area contributed by atoms with Crippen LogP contribution in [-0.4, -0.2) is 24.8 Å². The molecule has 0 aliphatic heterocycles. The Hall–Kier alpha value is -1.14. The van der Waals surface area contributed by atoms with Gasteiger partial charge in [-0.3, -0.25) is 9.59 Å². The van der Waals surface area contributed by atoms with E-state index in [1.54, 1.807) is 0 Å². The molecule has 3 heteroatoms. The minimum absolute atomic E-state index is 0.0563. The van der Waals surface area contributed by atoms with Gasteiger partial charge in [-0.2, -0.15) is 0 Å². The van der Waals surface area contributed by atoms with Crippen LogP contribution in [-0.2, 0) is 14.3 Å². The van der Waals surface area contributed by atoms with Crippen LogP contribution in [0, 0.1) is 12.3 Å². The number of hydrogen-bond donors (Lipinski definition) is 0. The molecule has 3 nitrogen and oxygen atoms in total. The van der Waals surface area contributed by atoms with Crippen LogP contribution in [0.2, 0.25) is 0 Å². The van der Waals surface area contributed by atoms with Crippen LogP contribution in [0.4, 0.5) is 0 Å². The molecule has 0 saturated heterocycles. The molecule has 0 fully saturated rings. The second-order valence-electron chi connectivity index (χ2n) is 1.68. The topological polar surface area (TPSA) is 43.4 Å². The van der Waals surface area contributed by atoms with Crippen LogP contribution < -0.4 is 0 Å². The summed E-state index contributed by atoms with van der Waals surface area (Å²) in [4.78, 5) is 20.3. The number of terminal acetylenes is 1. The van der Waals surface area contributed by atoms with Crippen LogP contribution in [0.15, 0.2) is 0 Å². The second-order valence-corrected chi connectivity index (χ2v) is 1.68. The van der Waals surface area contributed by atoms with Crippen molar-refractivity contribution in [3.8, 4) is 12.3 Å². The molecular formula is C7H8O3. The fourth-order valence-electron chi connectivity index (χ4n) is 0.351. The van der Waals surface area contributed by atoms with Crippen molar-refractivity contribution in [2.24, 2.45) is 0 Å². The van der Waals surface area contributed by atoms with E-state index in [0.29, 0.717) is 0 Å². The Balaban J connectivity index is 3.63. The molecule has 0 aliphatic rings. The highest BCUT2D eigenvalue weighted by Crippen LogP contribution is 1.88. The highest BCUT2D eigenvalue weighted by atomic mass is 16.5. The average Bonchev–Trinajstić information content (AvgIpc) is 1.98. The number of ether oxygens (including phenoxy) is 1. The summed E-state index contributed by atoms with van der Waals surface area (Å²) in [5, 5.41) is 0. The van der Waals surface area contributed by atoms with Crippen LogP contribution in [0.3, 0.4) is 0 Å². The fraction of sp³-hybridized carbons (Fsp3) is 0.429. The van der Waals surface area contributed by atoms with E-state index in [1.807, 2.05) is 0 Å². The van der Waals surface area contributed by atoms with E-state index in [4.69, 9.17) is 11.2 Å². The molecule has 0 aromatic heterocycles. The van der Waals surface area contributed by atoms with Gasteiger partial charge in [-0.25, -0.2) is 0 Å². The molecule has 0 heterocycles. The van der Waals surface area contributed by atoms with Gasteiger partial charge < -0.3 is 4.74 Å². The summed E-state index contributed by atoms with van der Waals surface area (Å²) in [6.07, 6.45) is 4.35.